The molecule has 0 aromatic heterocycles. The zero-order chi connectivity index (χ0) is 10.5. The third kappa shape index (κ3) is 12.7. The van der Waals surface area contributed by atoms with Crippen LogP contribution in [0.15, 0.2) is 0 Å². The average molecular weight is 286 g/mol. The van der Waals surface area contributed by atoms with E-state index in [1.165, 1.54) is 32.1 Å². The molecule has 0 saturated carbocycles. The maximum Gasteiger partial charge on any atom is 0.0466 e. The van der Waals surface area contributed by atoms with Gasteiger partial charge in [0.1, 0.15) is 0 Å². The molecule has 0 spiro atoms. The van der Waals surface area contributed by atoms with Crippen molar-refractivity contribution in [2.45, 2.75) is 44.9 Å². The van der Waals surface area contributed by atoms with Crippen molar-refractivity contribution in [1.29, 1.82) is 0 Å². The topological polar surface area (TPSA) is 9.23 Å². The van der Waals surface area contributed by atoms with Crippen molar-refractivity contribution in [3.63, 3.8) is 0 Å². The molecule has 0 aromatic carbocycles. The molecule has 0 aliphatic carbocycles. The van der Waals surface area contributed by atoms with E-state index in [0.29, 0.717) is 0 Å². The third-order valence-electron chi connectivity index (χ3n) is 2.09. The Morgan fingerprint density at radius 2 is 1.36 bits per heavy atom. The lowest BCUT2D eigenvalue weighted by Crippen LogP contribution is -1.97. The fraction of sp³-hybridized carbons (Fsp3) is 1.00. The summed E-state index contributed by atoms with van der Waals surface area (Å²) < 4.78 is 5.47. The van der Waals surface area contributed by atoms with Crippen molar-refractivity contribution >= 4 is 27.5 Å². The van der Waals surface area contributed by atoms with E-state index in [9.17, 15) is 0 Å². The predicted molar refractivity (Wildman–Crippen MR) is 67.7 cm³/mol. The fourth-order valence-electron chi connectivity index (χ4n) is 1.23. The van der Waals surface area contributed by atoms with Gasteiger partial charge >= 0.3 is 0 Å². The molecule has 0 aliphatic rings. The van der Waals surface area contributed by atoms with Crippen molar-refractivity contribution in [1.82, 2.24) is 0 Å². The van der Waals surface area contributed by atoms with Crippen LogP contribution < -0.4 is 0 Å². The minimum atomic E-state index is 0.760. The van der Waals surface area contributed by atoms with Crippen LogP contribution in [0.3, 0.4) is 0 Å². The number of hydrogen-bond donors (Lipinski definition) is 0. The monoisotopic (exact) mass is 284 g/mol. The molecule has 0 bridgehead atoms. The van der Waals surface area contributed by atoms with Crippen LogP contribution in [-0.4, -0.2) is 24.4 Å². The summed E-state index contributed by atoms with van der Waals surface area (Å²) in [6.45, 7) is 1.81. The average Bonchev–Trinajstić information content (AvgIpc) is 2.21. The van der Waals surface area contributed by atoms with E-state index in [1.807, 2.05) is 0 Å². The molecule has 0 amide bonds. The summed E-state index contributed by atoms with van der Waals surface area (Å²) in [5, 5.41) is 1.14. The first-order valence-electron chi connectivity index (χ1n) is 5.61. The Labute approximate surface area is 102 Å². The molecule has 0 aliphatic heterocycles. The van der Waals surface area contributed by atoms with Gasteiger partial charge in [0.25, 0.3) is 0 Å². The first kappa shape index (κ1) is 14.7. The Hall–Kier alpha value is 0.730. The Morgan fingerprint density at radius 1 is 0.786 bits per heavy atom. The Morgan fingerprint density at radius 3 is 2.00 bits per heavy atom. The van der Waals surface area contributed by atoms with Crippen LogP contribution in [0.2, 0.25) is 0 Å². The second-order valence-electron chi connectivity index (χ2n) is 3.47. The van der Waals surface area contributed by atoms with Gasteiger partial charge < -0.3 is 4.74 Å². The van der Waals surface area contributed by atoms with Gasteiger partial charge in [-0.3, -0.25) is 0 Å². The minimum absolute atomic E-state index is 0.760. The largest absolute Gasteiger partial charge is 0.381 e. The third-order valence-corrected chi connectivity index (χ3v) is 2.92. The highest BCUT2D eigenvalue weighted by molar-refractivity contribution is 9.09. The van der Waals surface area contributed by atoms with Crippen molar-refractivity contribution in [3.8, 4) is 0 Å². The quantitative estimate of drug-likeness (QED) is 0.405. The first-order chi connectivity index (χ1) is 6.91. The van der Waals surface area contributed by atoms with Gasteiger partial charge in [0.2, 0.25) is 0 Å². The van der Waals surface area contributed by atoms with E-state index in [-0.39, 0.29) is 0 Å². The maximum atomic E-state index is 5.55. The molecular formula is C11H22BrClO. The van der Waals surface area contributed by atoms with Crippen LogP contribution in [0.4, 0.5) is 0 Å². The van der Waals surface area contributed by atoms with Gasteiger partial charge in [-0.2, -0.15) is 0 Å². The van der Waals surface area contributed by atoms with Gasteiger partial charge in [-0.25, -0.2) is 0 Å². The van der Waals surface area contributed by atoms with Crippen LogP contribution in [0, 0.1) is 0 Å². The van der Waals surface area contributed by atoms with Crippen molar-refractivity contribution < 1.29 is 4.74 Å². The number of unbranched alkanes of at least 4 members (excludes halogenated alkanes) is 5. The molecule has 86 valence electrons. The molecule has 1 nitrogen and oxygen atoms in total. The molecule has 0 heterocycles. The molecule has 0 saturated heterocycles. The van der Waals surface area contributed by atoms with E-state index >= 15 is 0 Å². The summed E-state index contributed by atoms with van der Waals surface area (Å²) in [4.78, 5) is 0. The molecule has 0 rings (SSSR count). The Balaban J connectivity index is 2.78. The second-order valence-corrected chi connectivity index (χ2v) is 4.64. The van der Waals surface area contributed by atoms with Gasteiger partial charge in [0.15, 0.2) is 0 Å². The maximum absolute atomic E-state index is 5.55. The lowest BCUT2D eigenvalue weighted by molar-refractivity contribution is 0.127. The zero-order valence-electron chi connectivity index (χ0n) is 8.94. The summed E-state index contributed by atoms with van der Waals surface area (Å²) >= 11 is 8.99. The predicted octanol–water partition coefficient (Wildman–Crippen LogP) is 4.37. The number of hydrogen-bond acceptors (Lipinski definition) is 1. The highest BCUT2D eigenvalue weighted by Crippen LogP contribution is 2.04. The number of rotatable bonds is 11. The summed E-state index contributed by atoms with van der Waals surface area (Å²) in [7, 11) is 0. The zero-order valence-corrected chi connectivity index (χ0v) is 11.3. The van der Waals surface area contributed by atoms with Crippen molar-refractivity contribution in [3.05, 3.63) is 0 Å². The molecule has 0 aromatic rings. The molecular weight excluding hydrogens is 263 g/mol. The van der Waals surface area contributed by atoms with E-state index < -0.39 is 0 Å². The van der Waals surface area contributed by atoms with Gasteiger partial charge in [0, 0.05) is 24.4 Å². The van der Waals surface area contributed by atoms with E-state index in [4.69, 9.17) is 16.3 Å². The highest BCUT2D eigenvalue weighted by atomic mass is 79.9. The van der Waals surface area contributed by atoms with Crippen LogP contribution in [0.1, 0.15) is 44.9 Å². The van der Waals surface area contributed by atoms with Crippen molar-refractivity contribution in [2.24, 2.45) is 0 Å². The summed E-state index contributed by atoms with van der Waals surface area (Å²) in [5.74, 6) is 0.760. The molecule has 0 radical (unpaired) electrons. The lowest BCUT2D eigenvalue weighted by Gasteiger charge is -2.03. The van der Waals surface area contributed by atoms with Crippen LogP contribution in [0.25, 0.3) is 0 Å². The van der Waals surface area contributed by atoms with Crippen LogP contribution >= 0.6 is 27.5 Å². The van der Waals surface area contributed by atoms with Crippen molar-refractivity contribution in [2.75, 3.05) is 24.4 Å². The first-order valence-corrected chi connectivity index (χ1v) is 7.27. The molecule has 3 heteroatoms. The highest BCUT2D eigenvalue weighted by Gasteiger charge is 1.91. The summed E-state index contributed by atoms with van der Waals surface area (Å²) in [5.41, 5.74) is 0. The van der Waals surface area contributed by atoms with Gasteiger partial charge in [0.05, 0.1) is 0 Å². The van der Waals surface area contributed by atoms with E-state index in [2.05, 4.69) is 15.9 Å². The second kappa shape index (κ2) is 13.7. The standard InChI is InChI=1S/C11H22BrClO/c12-8-4-2-1-3-6-10-14-11-7-5-9-13/h1-11H2. The van der Waals surface area contributed by atoms with E-state index in [1.54, 1.807) is 0 Å². The Bertz CT molecular complexity index is 89.3. The van der Waals surface area contributed by atoms with Gasteiger partial charge in [-0.1, -0.05) is 35.2 Å². The Kier molecular flexibility index (Phi) is 14.4. The van der Waals surface area contributed by atoms with Gasteiger partial charge in [-0.05, 0) is 25.7 Å². The number of halogens is 2. The molecule has 14 heavy (non-hydrogen) atoms. The number of alkyl halides is 2. The molecule has 0 N–H and O–H groups in total. The SMILES string of the molecule is ClCCCCOCCCCCCCBr. The van der Waals surface area contributed by atoms with Crippen LogP contribution in [-0.2, 0) is 4.74 Å². The van der Waals surface area contributed by atoms with Gasteiger partial charge in [-0.15, -0.1) is 11.6 Å². The summed E-state index contributed by atoms with van der Waals surface area (Å²) in [6.07, 6.45) is 8.69. The molecule has 0 atom stereocenters. The smallest absolute Gasteiger partial charge is 0.0466 e. The lowest BCUT2D eigenvalue weighted by atomic mass is 10.2. The van der Waals surface area contributed by atoms with Crippen LogP contribution in [0.5, 0.6) is 0 Å². The fourth-order valence-corrected chi connectivity index (χ4v) is 1.82. The molecule has 0 unspecified atom stereocenters. The van der Waals surface area contributed by atoms with E-state index in [0.717, 1.165) is 37.3 Å². The normalized spacial score (nSPS) is 10.7. The minimum Gasteiger partial charge on any atom is -0.381 e. The number of ether oxygens (including phenoxy) is 1. The summed E-state index contributed by atoms with van der Waals surface area (Å²) in [6, 6.07) is 0. The molecule has 0 fully saturated rings.